The third-order valence-corrected chi connectivity index (χ3v) is 6.41. The Hall–Kier alpha value is -3.52. The number of anilines is 3. The van der Waals surface area contributed by atoms with Gasteiger partial charge >= 0.3 is 0 Å². The van der Waals surface area contributed by atoms with Gasteiger partial charge in [-0.3, -0.25) is 4.79 Å². The molecule has 0 spiro atoms. The van der Waals surface area contributed by atoms with Crippen LogP contribution >= 0.6 is 11.3 Å². The molecule has 1 aliphatic rings. The standard InChI is InChI=1S/C24H24N6OS/c1-16-3-6-19(7-4-16)27-24-26-17(2)13-22(28-24)29-9-11-30(12-10-29)23(31)18-5-8-20-21(14-18)32-15-25-20/h3-8,13-15H,9-12H2,1-2H3,(H,26,27,28). The number of aryl methyl sites for hydroxylation is 2. The zero-order chi connectivity index (χ0) is 22.1. The number of carbonyl (C=O) groups excluding carboxylic acids is 1. The highest BCUT2D eigenvalue weighted by Crippen LogP contribution is 2.22. The molecule has 1 amide bonds. The molecule has 32 heavy (non-hydrogen) atoms. The van der Waals surface area contributed by atoms with Crippen molar-refractivity contribution in [3.63, 3.8) is 0 Å². The lowest BCUT2D eigenvalue weighted by molar-refractivity contribution is 0.0746. The Morgan fingerprint density at radius 2 is 1.75 bits per heavy atom. The molecule has 1 fully saturated rings. The van der Waals surface area contributed by atoms with Crippen LogP contribution in [0.3, 0.4) is 0 Å². The Morgan fingerprint density at radius 3 is 2.53 bits per heavy atom. The lowest BCUT2D eigenvalue weighted by Gasteiger charge is -2.35. The Labute approximate surface area is 190 Å². The van der Waals surface area contributed by atoms with Gasteiger partial charge in [0.1, 0.15) is 5.82 Å². The second kappa shape index (κ2) is 8.55. The lowest BCUT2D eigenvalue weighted by Crippen LogP contribution is -2.49. The molecule has 0 saturated carbocycles. The van der Waals surface area contributed by atoms with E-state index in [0.717, 1.165) is 46.1 Å². The summed E-state index contributed by atoms with van der Waals surface area (Å²) in [6, 6.07) is 15.9. The number of thiazole rings is 1. The average Bonchev–Trinajstić information content (AvgIpc) is 3.28. The van der Waals surface area contributed by atoms with Crippen molar-refractivity contribution in [2.75, 3.05) is 36.4 Å². The van der Waals surface area contributed by atoms with Crippen LogP contribution in [0.25, 0.3) is 10.2 Å². The fraction of sp³-hybridized carbons (Fsp3) is 0.250. The van der Waals surface area contributed by atoms with Gasteiger partial charge < -0.3 is 15.1 Å². The number of nitrogens with zero attached hydrogens (tertiary/aromatic N) is 5. The van der Waals surface area contributed by atoms with E-state index >= 15 is 0 Å². The average molecular weight is 445 g/mol. The number of aromatic nitrogens is 3. The van der Waals surface area contributed by atoms with Crippen molar-refractivity contribution >= 4 is 44.9 Å². The highest BCUT2D eigenvalue weighted by atomic mass is 32.1. The fourth-order valence-electron chi connectivity index (χ4n) is 3.85. The molecular weight excluding hydrogens is 420 g/mol. The zero-order valence-corrected chi connectivity index (χ0v) is 18.9. The summed E-state index contributed by atoms with van der Waals surface area (Å²) in [4.78, 5) is 30.7. The van der Waals surface area contributed by atoms with E-state index in [4.69, 9.17) is 4.98 Å². The number of hydrogen-bond donors (Lipinski definition) is 1. The van der Waals surface area contributed by atoms with Gasteiger partial charge in [-0.25, -0.2) is 9.97 Å². The molecule has 8 heteroatoms. The molecule has 2 aromatic carbocycles. The van der Waals surface area contributed by atoms with Crippen LogP contribution in [-0.4, -0.2) is 51.9 Å². The predicted octanol–water partition coefficient (Wildman–Crippen LogP) is 4.41. The van der Waals surface area contributed by atoms with Gasteiger partial charge in [0.25, 0.3) is 5.91 Å². The summed E-state index contributed by atoms with van der Waals surface area (Å²) in [5.41, 5.74) is 6.54. The van der Waals surface area contributed by atoms with Crippen molar-refractivity contribution in [1.82, 2.24) is 19.9 Å². The van der Waals surface area contributed by atoms with Crippen LogP contribution in [0.5, 0.6) is 0 Å². The van der Waals surface area contributed by atoms with E-state index in [-0.39, 0.29) is 5.91 Å². The fourth-order valence-corrected chi connectivity index (χ4v) is 4.56. The molecule has 0 aliphatic carbocycles. The van der Waals surface area contributed by atoms with Crippen LogP contribution in [0.2, 0.25) is 0 Å². The summed E-state index contributed by atoms with van der Waals surface area (Å²) in [6.07, 6.45) is 0. The van der Waals surface area contributed by atoms with Crippen molar-refractivity contribution in [2.45, 2.75) is 13.8 Å². The van der Waals surface area contributed by atoms with Crippen molar-refractivity contribution in [3.8, 4) is 0 Å². The van der Waals surface area contributed by atoms with E-state index in [1.54, 1.807) is 11.3 Å². The van der Waals surface area contributed by atoms with Gasteiger partial charge in [0.2, 0.25) is 5.95 Å². The first-order chi connectivity index (χ1) is 15.5. The Kier molecular flexibility index (Phi) is 5.45. The van der Waals surface area contributed by atoms with Gasteiger partial charge in [0, 0.05) is 49.2 Å². The minimum absolute atomic E-state index is 0.0699. The molecule has 7 nitrogen and oxygen atoms in total. The molecule has 0 bridgehead atoms. The van der Waals surface area contributed by atoms with Crippen molar-refractivity contribution in [1.29, 1.82) is 0 Å². The van der Waals surface area contributed by atoms with E-state index < -0.39 is 0 Å². The number of rotatable bonds is 4. The number of fused-ring (bicyclic) bond motifs is 1. The Balaban J connectivity index is 1.26. The van der Waals surface area contributed by atoms with Gasteiger partial charge in [0.05, 0.1) is 15.7 Å². The van der Waals surface area contributed by atoms with Gasteiger partial charge in [-0.15, -0.1) is 11.3 Å². The van der Waals surface area contributed by atoms with E-state index in [0.29, 0.717) is 19.0 Å². The smallest absolute Gasteiger partial charge is 0.254 e. The van der Waals surface area contributed by atoms with Crippen molar-refractivity contribution < 1.29 is 4.79 Å². The second-order valence-electron chi connectivity index (χ2n) is 8.00. The van der Waals surface area contributed by atoms with Crippen LogP contribution in [0.1, 0.15) is 21.6 Å². The minimum atomic E-state index is 0.0699. The van der Waals surface area contributed by atoms with Crippen molar-refractivity contribution in [3.05, 3.63) is 70.9 Å². The summed E-state index contributed by atoms with van der Waals surface area (Å²) in [7, 11) is 0. The molecule has 0 atom stereocenters. The Morgan fingerprint density at radius 1 is 0.969 bits per heavy atom. The first-order valence-electron chi connectivity index (χ1n) is 10.6. The first-order valence-corrected chi connectivity index (χ1v) is 11.5. The molecule has 1 aliphatic heterocycles. The van der Waals surface area contributed by atoms with Gasteiger partial charge in [-0.1, -0.05) is 17.7 Å². The molecule has 3 heterocycles. The largest absolute Gasteiger partial charge is 0.353 e. The highest BCUT2D eigenvalue weighted by Gasteiger charge is 2.23. The molecule has 5 rings (SSSR count). The quantitative estimate of drug-likeness (QED) is 0.503. The summed E-state index contributed by atoms with van der Waals surface area (Å²) in [5.74, 6) is 1.53. The molecular formula is C24H24N6OS. The number of nitrogens with one attached hydrogen (secondary N) is 1. The maximum absolute atomic E-state index is 13.0. The van der Waals surface area contributed by atoms with E-state index in [1.807, 2.05) is 53.7 Å². The molecule has 1 saturated heterocycles. The highest BCUT2D eigenvalue weighted by molar-refractivity contribution is 7.16. The molecule has 4 aromatic rings. The summed E-state index contributed by atoms with van der Waals surface area (Å²) >= 11 is 1.56. The van der Waals surface area contributed by atoms with Crippen LogP contribution in [-0.2, 0) is 0 Å². The number of benzene rings is 2. The monoisotopic (exact) mass is 444 g/mol. The number of hydrogen-bond acceptors (Lipinski definition) is 7. The topological polar surface area (TPSA) is 74.2 Å². The first kappa shape index (κ1) is 20.4. The van der Waals surface area contributed by atoms with Gasteiger partial charge in [-0.05, 0) is 44.2 Å². The number of piperazine rings is 1. The number of carbonyl (C=O) groups is 1. The van der Waals surface area contributed by atoms with Gasteiger partial charge in [-0.2, -0.15) is 4.98 Å². The SMILES string of the molecule is Cc1ccc(Nc2nc(C)cc(N3CCN(C(=O)c4ccc5ncsc5c4)CC3)n2)cc1. The van der Waals surface area contributed by atoms with Crippen molar-refractivity contribution in [2.24, 2.45) is 0 Å². The molecule has 0 radical (unpaired) electrons. The lowest BCUT2D eigenvalue weighted by atomic mass is 10.1. The maximum Gasteiger partial charge on any atom is 0.254 e. The second-order valence-corrected chi connectivity index (χ2v) is 8.88. The molecule has 0 unspecified atom stereocenters. The molecule has 1 N–H and O–H groups in total. The third-order valence-electron chi connectivity index (χ3n) is 5.62. The van der Waals surface area contributed by atoms with E-state index in [1.165, 1.54) is 5.56 Å². The van der Waals surface area contributed by atoms with Crippen LogP contribution < -0.4 is 10.2 Å². The summed E-state index contributed by atoms with van der Waals surface area (Å²) in [5, 5.41) is 3.29. The normalized spacial score (nSPS) is 14.1. The zero-order valence-electron chi connectivity index (χ0n) is 18.1. The third kappa shape index (κ3) is 4.27. The van der Waals surface area contributed by atoms with Crippen LogP contribution in [0.15, 0.2) is 54.0 Å². The number of amides is 1. The molecule has 2 aromatic heterocycles. The maximum atomic E-state index is 13.0. The minimum Gasteiger partial charge on any atom is -0.353 e. The predicted molar refractivity (Wildman–Crippen MR) is 129 cm³/mol. The van der Waals surface area contributed by atoms with Crippen LogP contribution in [0, 0.1) is 13.8 Å². The van der Waals surface area contributed by atoms with E-state index in [2.05, 4.69) is 39.2 Å². The van der Waals surface area contributed by atoms with E-state index in [9.17, 15) is 4.79 Å². The Bertz CT molecular complexity index is 1260. The summed E-state index contributed by atoms with van der Waals surface area (Å²) < 4.78 is 1.04. The van der Waals surface area contributed by atoms with Crippen LogP contribution in [0.4, 0.5) is 17.5 Å². The van der Waals surface area contributed by atoms with Gasteiger partial charge in [0.15, 0.2) is 0 Å². The molecule has 162 valence electrons. The summed E-state index contributed by atoms with van der Waals surface area (Å²) in [6.45, 7) is 6.81.